The van der Waals surface area contributed by atoms with Crippen molar-refractivity contribution in [3.05, 3.63) is 65.5 Å². The summed E-state index contributed by atoms with van der Waals surface area (Å²) in [4.78, 5) is 12.2. The molecule has 4 rings (SSSR count). The van der Waals surface area contributed by atoms with Gasteiger partial charge in [-0.2, -0.15) is 5.10 Å². The van der Waals surface area contributed by atoms with Crippen LogP contribution in [-0.4, -0.2) is 23.2 Å². The predicted octanol–water partition coefficient (Wildman–Crippen LogP) is 2.90. The molecule has 0 bridgehead atoms. The largest absolute Gasteiger partial charge is 0.483 e. The van der Waals surface area contributed by atoms with Crippen molar-refractivity contribution in [3.63, 3.8) is 0 Å². The van der Waals surface area contributed by atoms with E-state index in [9.17, 15) is 9.18 Å². The summed E-state index contributed by atoms with van der Waals surface area (Å²) in [6, 6.07) is 13.6. The minimum absolute atomic E-state index is 0.0201. The highest BCUT2D eigenvalue weighted by atomic mass is 19.1. The standard InChI is InChI=1S/C17H13FN2O2/c18-12-7-5-11(6-8-12)14-9-15-13-3-1-2-4-16(13)22-10-17(21)20(15)19-14/h1-8,15H,9-10H2. The van der Waals surface area contributed by atoms with Crippen LogP contribution in [0.4, 0.5) is 4.39 Å². The molecule has 0 aromatic heterocycles. The van der Waals surface area contributed by atoms with E-state index in [1.807, 2.05) is 24.3 Å². The van der Waals surface area contributed by atoms with Crippen LogP contribution in [0.15, 0.2) is 53.6 Å². The summed E-state index contributed by atoms with van der Waals surface area (Å²) >= 11 is 0. The number of nitrogens with zero attached hydrogens (tertiary/aromatic N) is 2. The lowest BCUT2D eigenvalue weighted by Gasteiger charge is -2.18. The SMILES string of the molecule is O=C1COc2ccccc2C2CC(c3ccc(F)cc3)=NN12. The smallest absolute Gasteiger partial charge is 0.281 e. The van der Waals surface area contributed by atoms with Gasteiger partial charge in [-0.25, -0.2) is 9.40 Å². The molecule has 22 heavy (non-hydrogen) atoms. The fourth-order valence-corrected chi connectivity index (χ4v) is 2.89. The molecule has 110 valence electrons. The summed E-state index contributed by atoms with van der Waals surface area (Å²) in [7, 11) is 0. The Morgan fingerprint density at radius 1 is 1.14 bits per heavy atom. The lowest BCUT2D eigenvalue weighted by Crippen LogP contribution is -2.28. The molecule has 0 saturated carbocycles. The molecule has 0 radical (unpaired) electrons. The van der Waals surface area contributed by atoms with E-state index in [0.717, 1.165) is 22.6 Å². The van der Waals surface area contributed by atoms with Gasteiger partial charge >= 0.3 is 0 Å². The third-order valence-electron chi connectivity index (χ3n) is 3.97. The van der Waals surface area contributed by atoms with E-state index in [1.165, 1.54) is 17.1 Å². The highest BCUT2D eigenvalue weighted by Gasteiger charge is 2.36. The van der Waals surface area contributed by atoms with Crippen LogP contribution >= 0.6 is 0 Å². The highest BCUT2D eigenvalue weighted by Crippen LogP contribution is 2.39. The Kier molecular flexibility index (Phi) is 2.92. The number of para-hydroxylation sites is 1. The number of hydrazone groups is 1. The molecular weight excluding hydrogens is 283 g/mol. The molecule has 0 N–H and O–H groups in total. The number of carbonyl (C=O) groups excluding carboxylic acids is 1. The van der Waals surface area contributed by atoms with Gasteiger partial charge in [0.25, 0.3) is 5.91 Å². The molecule has 5 heteroatoms. The molecule has 0 aliphatic carbocycles. The molecule has 2 aromatic rings. The first-order valence-corrected chi connectivity index (χ1v) is 7.09. The Morgan fingerprint density at radius 2 is 1.91 bits per heavy atom. The lowest BCUT2D eigenvalue weighted by molar-refractivity contribution is -0.134. The Labute approximate surface area is 126 Å². The Bertz CT molecular complexity index is 770. The summed E-state index contributed by atoms with van der Waals surface area (Å²) in [6.45, 7) is -0.0201. The van der Waals surface area contributed by atoms with Gasteiger partial charge in [0.1, 0.15) is 11.6 Å². The number of rotatable bonds is 1. The van der Waals surface area contributed by atoms with Gasteiger partial charge < -0.3 is 4.74 Å². The first-order chi connectivity index (χ1) is 10.7. The first kappa shape index (κ1) is 13.0. The second kappa shape index (κ2) is 4.94. The first-order valence-electron chi connectivity index (χ1n) is 7.09. The Hall–Kier alpha value is -2.69. The topological polar surface area (TPSA) is 41.9 Å². The second-order valence-corrected chi connectivity index (χ2v) is 5.34. The van der Waals surface area contributed by atoms with Gasteiger partial charge in [-0.3, -0.25) is 4.79 Å². The Balaban J connectivity index is 1.74. The molecule has 2 aromatic carbocycles. The van der Waals surface area contributed by atoms with Crippen molar-refractivity contribution in [1.29, 1.82) is 0 Å². The van der Waals surface area contributed by atoms with E-state index in [1.54, 1.807) is 12.1 Å². The van der Waals surface area contributed by atoms with Crippen LogP contribution in [0.5, 0.6) is 5.75 Å². The Morgan fingerprint density at radius 3 is 2.73 bits per heavy atom. The monoisotopic (exact) mass is 296 g/mol. The zero-order valence-corrected chi connectivity index (χ0v) is 11.7. The maximum atomic E-state index is 13.1. The van der Waals surface area contributed by atoms with Crippen LogP contribution in [-0.2, 0) is 4.79 Å². The molecule has 2 aliphatic rings. The fourth-order valence-electron chi connectivity index (χ4n) is 2.89. The van der Waals surface area contributed by atoms with Gasteiger partial charge in [-0.15, -0.1) is 0 Å². The number of fused-ring (bicyclic) bond motifs is 3. The van der Waals surface area contributed by atoms with Gasteiger partial charge in [0.2, 0.25) is 0 Å². The van der Waals surface area contributed by atoms with E-state index >= 15 is 0 Å². The van der Waals surface area contributed by atoms with Crippen LogP contribution in [0.2, 0.25) is 0 Å². The zero-order valence-electron chi connectivity index (χ0n) is 11.7. The van der Waals surface area contributed by atoms with Gasteiger partial charge in [0.15, 0.2) is 6.61 Å². The number of benzene rings is 2. The molecule has 1 amide bonds. The average molecular weight is 296 g/mol. The molecule has 1 unspecified atom stereocenters. The normalized spacial score (nSPS) is 19.9. The number of ether oxygens (including phenoxy) is 1. The van der Waals surface area contributed by atoms with Gasteiger partial charge in [-0.05, 0) is 23.8 Å². The van der Waals surface area contributed by atoms with E-state index in [2.05, 4.69) is 5.10 Å². The molecule has 0 spiro atoms. The van der Waals surface area contributed by atoms with Crippen molar-refractivity contribution in [2.24, 2.45) is 5.10 Å². The third kappa shape index (κ3) is 2.06. The van der Waals surface area contributed by atoms with Gasteiger partial charge in [0.05, 0.1) is 11.8 Å². The average Bonchev–Trinajstić information content (AvgIpc) is 2.94. The van der Waals surface area contributed by atoms with Crippen molar-refractivity contribution in [3.8, 4) is 5.75 Å². The maximum absolute atomic E-state index is 13.1. The molecule has 1 atom stereocenters. The van der Waals surface area contributed by atoms with E-state index in [0.29, 0.717) is 6.42 Å². The summed E-state index contributed by atoms with van der Waals surface area (Å²) in [5.74, 6) is 0.268. The molecule has 2 heterocycles. The third-order valence-corrected chi connectivity index (χ3v) is 3.97. The fraction of sp³-hybridized carbons (Fsp3) is 0.176. The molecular formula is C17H13FN2O2. The zero-order chi connectivity index (χ0) is 15.1. The van der Waals surface area contributed by atoms with Crippen molar-refractivity contribution < 1.29 is 13.9 Å². The summed E-state index contributed by atoms with van der Waals surface area (Å²) in [5, 5.41) is 5.94. The van der Waals surface area contributed by atoms with E-state index in [-0.39, 0.29) is 24.4 Å². The lowest BCUT2D eigenvalue weighted by atomic mass is 9.98. The number of amides is 1. The summed E-state index contributed by atoms with van der Waals surface area (Å²) in [5.41, 5.74) is 2.57. The number of hydrogen-bond donors (Lipinski definition) is 0. The second-order valence-electron chi connectivity index (χ2n) is 5.34. The molecule has 2 aliphatic heterocycles. The predicted molar refractivity (Wildman–Crippen MR) is 79.1 cm³/mol. The minimum Gasteiger partial charge on any atom is -0.483 e. The van der Waals surface area contributed by atoms with E-state index in [4.69, 9.17) is 4.74 Å². The number of carbonyl (C=O) groups is 1. The van der Waals surface area contributed by atoms with Crippen molar-refractivity contribution in [2.45, 2.75) is 12.5 Å². The highest BCUT2D eigenvalue weighted by molar-refractivity contribution is 6.03. The van der Waals surface area contributed by atoms with Gasteiger partial charge in [0, 0.05) is 12.0 Å². The van der Waals surface area contributed by atoms with Gasteiger partial charge in [-0.1, -0.05) is 30.3 Å². The van der Waals surface area contributed by atoms with Crippen molar-refractivity contribution in [2.75, 3.05) is 6.61 Å². The number of hydrogen-bond acceptors (Lipinski definition) is 3. The maximum Gasteiger partial charge on any atom is 0.281 e. The molecule has 0 fully saturated rings. The summed E-state index contributed by atoms with van der Waals surface area (Å²) in [6.07, 6.45) is 0.595. The molecule has 4 nitrogen and oxygen atoms in total. The quantitative estimate of drug-likeness (QED) is 0.812. The van der Waals surface area contributed by atoms with Crippen molar-refractivity contribution >= 4 is 11.6 Å². The minimum atomic E-state index is -0.285. The van der Waals surface area contributed by atoms with Crippen LogP contribution in [0.3, 0.4) is 0 Å². The van der Waals surface area contributed by atoms with Crippen molar-refractivity contribution in [1.82, 2.24) is 5.01 Å². The van der Waals surface area contributed by atoms with E-state index < -0.39 is 0 Å². The van der Waals surface area contributed by atoms with Crippen LogP contribution in [0, 0.1) is 5.82 Å². The number of halogens is 1. The molecule has 0 saturated heterocycles. The summed E-state index contributed by atoms with van der Waals surface area (Å²) < 4.78 is 18.6. The van der Waals surface area contributed by atoms with Crippen LogP contribution < -0.4 is 4.74 Å². The van der Waals surface area contributed by atoms with Crippen LogP contribution in [0.25, 0.3) is 0 Å². The van der Waals surface area contributed by atoms with Crippen LogP contribution in [0.1, 0.15) is 23.6 Å².